The smallest absolute Gasteiger partial charge is 0.317 e. The molecular weight excluding hydrogens is 368 g/mol. The van der Waals surface area contributed by atoms with Crippen molar-refractivity contribution in [2.75, 3.05) is 20.7 Å². The number of urea groups is 1. The molecule has 2 amide bonds. The summed E-state index contributed by atoms with van der Waals surface area (Å²) in [6.45, 7) is 1.64. The van der Waals surface area contributed by atoms with Crippen molar-refractivity contribution in [1.29, 1.82) is 0 Å². The number of carboxylic acids is 1. The highest BCUT2D eigenvalue weighted by Crippen LogP contribution is 2.33. The second kappa shape index (κ2) is 9.28. The number of hydrogen-bond donors (Lipinski definition) is 2. The Bertz CT molecular complexity index is 812. The molecule has 0 aromatic heterocycles. The molecule has 2 rings (SSSR count). The van der Waals surface area contributed by atoms with Crippen LogP contribution in [0.3, 0.4) is 0 Å². The maximum atomic E-state index is 12.7. The summed E-state index contributed by atoms with van der Waals surface area (Å²) in [5.74, 6) is -1.02. The zero-order valence-electron chi connectivity index (χ0n) is 15.5. The molecule has 0 aliphatic rings. The number of carbonyl (C=O) groups excluding carboxylic acids is 1. The molecule has 2 atom stereocenters. The second-order valence-corrected chi connectivity index (χ2v) is 6.67. The minimum Gasteiger partial charge on any atom is -0.496 e. The van der Waals surface area contributed by atoms with Crippen molar-refractivity contribution in [2.24, 2.45) is 5.92 Å². The Morgan fingerprint density at radius 3 is 2.33 bits per heavy atom. The van der Waals surface area contributed by atoms with E-state index in [1.165, 1.54) is 4.90 Å². The number of halogens is 1. The summed E-state index contributed by atoms with van der Waals surface area (Å²) in [6.07, 6.45) is 0. The molecule has 0 aliphatic heterocycles. The van der Waals surface area contributed by atoms with Crippen molar-refractivity contribution in [3.63, 3.8) is 0 Å². The highest BCUT2D eigenvalue weighted by Gasteiger charge is 2.25. The lowest BCUT2D eigenvalue weighted by molar-refractivity contribution is -0.141. The fraction of sp³-hybridized carbons (Fsp3) is 0.300. The van der Waals surface area contributed by atoms with E-state index in [1.807, 2.05) is 42.5 Å². The monoisotopic (exact) mass is 390 g/mol. The Hall–Kier alpha value is -2.73. The Balaban J connectivity index is 2.35. The number of amides is 2. The Morgan fingerprint density at radius 1 is 1.15 bits per heavy atom. The predicted molar refractivity (Wildman–Crippen MR) is 104 cm³/mol. The third kappa shape index (κ3) is 5.14. The van der Waals surface area contributed by atoms with E-state index in [-0.39, 0.29) is 6.54 Å². The van der Waals surface area contributed by atoms with Crippen LogP contribution >= 0.6 is 11.6 Å². The predicted octanol–water partition coefficient (Wildman–Crippen LogP) is 3.80. The number of methoxy groups -OCH3 is 1. The lowest BCUT2D eigenvalue weighted by Gasteiger charge is -2.26. The molecule has 2 N–H and O–H groups in total. The Labute approximate surface area is 163 Å². The molecule has 2 aromatic rings. The van der Waals surface area contributed by atoms with Gasteiger partial charge >= 0.3 is 12.0 Å². The van der Waals surface area contributed by atoms with Gasteiger partial charge in [-0.2, -0.15) is 0 Å². The third-order valence-electron chi connectivity index (χ3n) is 4.25. The summed E-state index contributed by atoms with van der Waals surface area (Å²) in [6, 6.07) is 13.6. The number of carbonyl (C=O) groups is 2. The van der Waals surface area contributed by atoms with Gasteiger partial charge in [0.05, 0.1) is 19.1 Å². The highest BCUT2D eigenvalue weighted by atomic mass is 35.5. The van der Waals surface area contributed by atoms with Gasteiger partial charge in [0.25, 0.3) is 0 Å². The highest BCUT2D eigenvalue weighted by molar-refractivity contribution is 6.31. The molecule has 144 valence electrons. The summed E-state index contributed by atoms with van der Waals surface area (Å²) in [5.41, 5.74) is 1.47. The van der Waals surface area contributed by atoms with Gasteiger partial charge in [0.1, 0.15) is 5.75 Å². The van der Waals surface area contributed by atoms with Crippen LogP contribution in [0, 0.1) is 5.92 Å². The minimum absolute atomic E-state index is 0.0856. The van der Waals surface area contributed by atoms with E-state index < -0.39 is 24.0 Å². The van der Waals surface area contributed by atoms with Crippen LogP contribution in [0.5, 0.6) is 5.75 Å². The standard InChI is InChI=1S/C20H23ClN2O4/c1-13(19(24)25)12-23(2)20(26)22-18(14-8-4-6-10-16(14)21)15-9-5-7-11-17(15)27-3/h4-11,13,18H,12H2,1-3H3,(H,22,26)(H,24,25). The average Bonchev–Trinajstić information content (AvgIpc) is 2.66. The molecule has 0 saturated carbocycles. The molecule has 0 spiro atoms. The zero-order chi connectivity index (χ0) is 20.0. The molecule has 27 heavy (non-hydrogen) atoms. The van der Waals surface area contributed by atoms with Crippen LogP contribution in [-0.4, -0.2) is 42.7 Å². The van der Waals surface area contributed by atoms with Gasteiger partial charge in [0.15, 0.2) is 0 Å². The molecule has 0 aliphatic carbocycles. The molecular formula is C20H23ClN2O4. The molecule has 2 aromatic carbocycles. The quantitative estimate of drug-likeness (QED) is 0.753. The summed E-state index contributed by atoms with van der Waals surface area (Å²) in [7, 11) is 3.12. The molecule has 0 fully saturated rings. The number of nitrogens with one attached hydrogen (secondary N) is 1. The third-order valence-corrected chi connectivity index (χ3v) is 4.59. The van der Waals surface area contributed by atoms with E-state index in [4.69, 9.17) is 21.4 Å². The van der Waals surface area contributed by atoms with Crippen LogP contribution in [0.25, 0.3) is 0 Å². The summed E-state index contributed by atoms with van der Waals surface area (Å²) >= 11 is 6.37. The summed E-state index contributed by atoms with van der Waals surface area (Å²) in [4.78, 5) is 25.1. The van der Waals surface area contributed by atoms with E-state index >= 15 is 0 Å². The molecule has 0 bridgehead atoms. The van der Waals surface area contributed by atoms with Crippen molar-refractivity contribution in [1.82, 2.24) is 10.2 Å². The summed E-state index contributed by atoms with van der Waals surface area (Å²) < 4.78 is 5.44. The van der Waals surface area contributed by atoms with E-state index in [9.17, 15) is 9.59 Å². The van der Waals surface area contributed by atoms with Gasteiger partial charge in [-0.15, -0.1) is 0 Å². The molecule has 7 heteroatoms. The van der Waals surface area contributed by atoms with Gasteiger partial charge in [-0.05, 0) is 17.7 Å². The van der Waals surface area contributed by atoms with Crippen LogP contribution in [0.15, 0.2) is 48.5 Å². The first-order chi connectivity index (χ1) is 12.8. The topological polar surface area (TPSA) is 78.9 Å². The van der Waals surface area contributed by atoms with Crippen molar-refractivity contribution in [3.8, 4) is 5.75 Å². The molecule has 0 heterocycles. The molecule has 2 unspecified atom stereocenters. The number of benzene rings is 2. The number of para-hydroxylation sites is 1. The van der Waals surface area contributed by atoms with E-state index in [0.717, 1.165) is 11.1 Å². The van der Waals surface area contributed by atoms with Crippen molar-refractivity contribution in [2.45, 2.75) is 13.0 Å². The fourth-order valence-electron chi connectivity index (χ4n) is 2.74. The van der Waals surface area contributed by atoms with Crippen molar-refractivity contribution < 1.29 is 19.4 Å². The van der Waals surface area contributed by atoms with Gasteiger partial charge < -0.3 is 20.1 Å². The van der Waals surface area contributed by atoms with E-state index in [0.29, 0.717) is 10.8 Å². The number of rotatable bonds is 7. The Kier molecular flexibility index (Phi) is 7.07. The SMILES string of the molecule is COc1ccccc1C(NC(=O)N(C)CC(C)C(=O)O)c1ccccc1Cl. The zero-order valence-corrected chi connectivity index (χ0v) is 16.2. The maximum Gasteiger partial charge on any atom is 0.317 e. The molecule has 0 radical (unpaired) electrons. The second-order valence-electron chi connectivity index (χ2n) is 6.27. The number of carboxylic acid groups (broad SMARTS) is 1. The Morgan fingerprint density at radius 2 is 1.74 bits per heavy atom. The largest absolute Gasteiger partial charge is 0.496 e. The van der Waals surface area contributed by atoms with Crippen LogP contribution < -0.4 is 10.1 Å². The van der Waals surface area contributed by atoms with Gasteiger partial charge in [-0.1, -0.05) is 54.9 Å². The lowest BCUT2D eigenvalue weighted by Crippen LogP contribution is -2.42. The van der Waals surface area contributed by atoms with Gasteiger partial charge in [-0.3, -0.25) is 4.79 Å². The van der Waals surface area contributed by atoms with Crippen molar-refractivity contribution in [3.05, 3.63) is 64.7 Å². The van der Waals surface area contributed by atoms with Gasteiger partial charge in [-0.25, -0.2) is 4.79 Å². The minimum atomic E-state index is -0.956. The van der Waals surface area contributed by atoms with Crippen LogP contribution in [0.2, 0.25) is 5.02 Å². The average molecular weight is 391 g/mol. The normalized spacial score (nSPS) is 12.7. The van der Waals surface area contributed by atoms with Gasteiger partial charge in [0, 0.05) is 24.2 Å². The molecule has 6 nitrogen and oxygen atoms in total. The number of aliphatic carboxylic acids is 1. The summed E-state index contributed by atoms with van der Waals surface area (Å²) in [5, 5.41) is 12.5. The van der Waals surface area contributed by atoms with Crippen LogP contribution in [0.1, 0.15) is 24.1 Å². The fourth-order valence-corrected chi connectivity index (χ4v) is 2.99. The number of nitrogens with zero attached hydrogens (tertiary/aromatic N) is 1. The van der Waals surface area contributed by atoms with Gasteiger partial charge in [0.2, 0.25) is 0 Å². The van der Waals surface area contributed by atoms with Crippen LogP contribution in [-0.2, 0) is 4.79 Å². The molecule has 0 saturated heterocycles. The number of ether oxygens (including phenoxy) is 1. The van der Waals surface area contributed by atoms with Crippen LogP contribution in [0.4, 0.5) is 4.79 Å². The first-order valence-electron chi connectivity index (χ1n) is 8.47. The van der Waals surface area contributed by atoms with E-state index in [1.54, 1.807) is 27.1 Å². The van der Waals surface area contributed by atoms with Crippen molar-refractivity contribution >= 4 is 23.6 Å². The lowest BCUT2D eigenvalue weighted by atomic mass is 9.97. The maximum absolute atomic E-state index is 12.7. The van der Waals surface area contributed by atoms with E-state index in [2.05, 4.69) is 5.32 Å². The number of hydrogen-bond acceptors (Lipinski definition) is 3. The first kappa shape index (κ1) is 20.6. The first-order valence-corrected chi connectivity index (χ1v) is 8.84.